The van der Waals surface area contributed by atoms with Gasteiger partial charge in [-0.15, -0.1) is 0 Å². The van der Waals surface area contributed by atoms with Crippen LogP contribution in [0.1, 0.15) is 23.8 Å². The van der Waals surface area contributed by atoms with E-state index in [9.17, 15) is 9.18 Å². The van der Waals surface area contributed by atoms with Gasteiger partial charge in [-0.1, -0.05) is 25.1 Å². The molecule has 5 heteroatoms. The van der Waals surface area contributed by atoms with Crippen molar-refractivity contribution in [1.29, 1.82) is 0 Å². The third-order valence-corrected chi connectivity index (χ3v) is 2.54. The highest BCUT2D eigenvalue weighted by atomic mass is 19.1. The van der Waals surface area contributed by atoms with Crippen LogP contribution in [-0.4, -0.2) is 17.5 Å². The molecule has 1 heterocycles. The minimum atomic E-state index is -0.687. The topological polar surface area (TPSA) is 51.2 Å². The van der Waals surface area contributed by atoms with E-state index in [4.69, 9.17) is 4.74 Å². The fraction of sp³-hybridized carbons (Fsp3) is 0.200. The number of ether oxygens (including phenoxy) is 1. The van der Waals surface area contributed by atoms with Gasteiger partial charge in [0.15, 0.2) is 0 Å². The van der Waals surface area contributed by atoms with Gasteiger partial charge in [0.05, 0.1) is 12.3 Å². The van der Waals surface area contributed by atoms with Gasteiger partial charge in [0.1, 0.15) is 11.4 Å². The molecule has 104 valence electrons. The molecule has 0 saturated heterocycles. The molecule has 1 amide bonds. The Bertz CT molecular complexity index is 602. The van der Waals surface area contributed by atoms with Crippen LogP contribution in [0.5, 0.6) is 5.75 Å². The normalized spacial score (nSPS) is 10.1. The number of rotatable bonds is 5. The quantitative estimate of drug-likeness (QED) is 0.851. The molecular formula is C15H15FN2O2. The van der Waals surface area contributed by atoms with Crippen molar-refractivity contribution in [2.45, 2.75) is 13.3 Å². The van der Waals surface area contributed by atoms with Crippen molar-refractivity contribution < 1.29 is 13.9 Å². The highest BCUT2D eigenvalue weighted by Crippen LogP contribution is 2.24. The first-order chi connectivity index (χ1) is 9.70. The minimum absolute atomic E-state index is 0.0234. The monoisotopic (exact) mass is 274 g/mol. The van der Waals surface area contributed by atoms with E-state index < -0.39 is 11.9 Å². The zero-order valence-electron chi connectivity index (χ0n) is 11.1. The van der Waals surface area contributed by atoms with Crippen molar-refractivity contribution in [2.24, 2.45) is 0 Å². The molecule has 0 spiro atoms. The number of nitrogens with one attached hydrogen (secondary N) is 1. The number of hydrogen-bond acceptors (Lipinski definition) is 3. The summed E-state index contributed by atoms with van der Waals surface area (Å²) in [4.78, 5) is 15.5. The SMILES string of the molecule is CCCOc1ccccc1NC(=O)c1cccc(F)n1. The van der Waals surface area contributed by atoms with Crippen molar-refractivity contribution in [3.8, 4) is 5.75 Å². The van der Waals surface area contributed by atoms with E-state index in [1.165, 1.54) is 18.2 Å². The van der Waals surface area contributed by atoms with Gasteiger partial charge in [0.25, 0.3) is 5.91 Å². The van der Waals surface area contributed by atoms with Gasteiger partial charge in [0, 0.05) is 0 Å². The van der Waals surface area contributed by atoms with E-state index in [1.54, 1.807) is 18.2 Å². The number of carbonyl (C=O) groups is 1. The summed E-state index contributed by atoms with van der Waals surface area (Å²) in [6.45, 7) is 2.56. The summed E-state index contributed by atoms with van der Waals surface area (Å²) in [5, 5.41) is 2.67. The third-order valence-electron chi connectivity index (χ3n) is 2.54. The Kier molecular flexibility index (Phi) is 4.65. The number of nitrogens with zero attached hydrogens (tertiary/aromatic N) is 1. The lowest BCUT2D eigenvalue weighted by Gasteiger charge is -2.11. The van der Waals surface area contributed by atoms with Crippen molar-refractivity contribution in [2.75, 3.05) is 11.9 Å². The lowest BCUT2D eigenvalue weighted by atomic mass is 10.2. The Morgan fingerprint density at radius 1 is 1.25 bits per heavy atom. The first-order valence-corrected chi connectivity index (χ1v) is 6.36. The van der Waals surface area contributed by atoms with Crippen LogP contribution in [-0.2, 0) is 0 Å². The lowest BCUT2D eigenvalue weighted by molar-refractivity contribution is 0.102. The molecule has 4 nitrogen and oxygen atoms in total. The molecule has 2 rings (SSSR count). The van der Waals surface area contributed by atoms with E-state index in [2.05, 4.69) is 10.3 Å². The van der Waals surface area contributed by atoms with Crippen molar-refractivity contribution in [3.63, 3.8) is 0 Å². The largest absolute Gasteiger partial charge is 0.491 e. The van der Waals surface area contributed by atoms with E-state index in [1.807, 2.05) is 13.0 Å². The Labute approximate surface area is 116 Å². The molecule has 0 atom stereocenters. The number of anilines is 1. The van der Waals surface area contributed by atoms with E-state index in [0.29, 0.717) is 18.0 Å². The highest BCUT2D eigenvalue weighted by Gasteiger charge is 2.11. The molecule has 0 bridgehead atoms. The zero-order chi connectivity index (χ0) is 14.4. The summed E-state index contributed by atoms with van der Waals surface area (Å²) in [7, 11) is 0. The number of aromatic nitrogens is 1. The van der Waals surface area contributed by atoms with Crippen LogP contribution in [0.2, 0.25) is 0 Å². The maximum absolute atomic E-state index is 13.0. The summed E-state index contributed by atoms with van der Waals surface area (Å²) >= 11 is 0. The summed E-state index contributed by atoms with van der Waals surface area (Å²) in [5.41, 5.74) is 0.562. The van der Waals surface area contributed by atoms with Crippen molar-refractivity contribution in [1.82, 2.24) is 4.98 Å². The molecule has 1 N–H and O–H groups in total. The van der Waals surface area contributed by atoms with Gasteiger partial charge in [-0.3, -0.25) is 4.79 Å². The second-order valence-electron chi connectivity index (χ2n) is 4.14. The summed E-state index contributed by atoms with van der Waals surface area (Å²) in [6.07, 6.45) is 0.869. The molecule has 0 fully saturated rings. The molecule has 1 aromatic heterocycles. The fourth-order valence-electron chi connectivity index (χ4n) is 1.63. The molecule has 0 aliphatic heterocycles. The second kappa shape index (κ2) is 6.65. The predicted molar refractivity (Wildman–Crippen MR) is 74.4 cm³/mol. The van der Waals surface area contributed by atoms with Gasteiger partial charge in [-0.05, 0) is 30.7 Å². The number of para-hydroxylation sites is 2. The molecular weight excluding hydrogens is 259 g/mol. The summed E-state index contributed by atoms with van der Waals surface area (Å²) < 4.78 is 18.5. The molecule has 0 aliphatic carbocycles. The van der Waals surface area contributed by atoms with Gasteiger partial charge in [-0.25, -0.2) is 4.98 Å². The smallest absolute Gasteiger partial charge is 0.274 e. The molecule has 0 radical (unpaired) electrons. The molecule has 0 saturated carbocycles. The summed E-state index contributed by atoms with van der Waals surface area (Å²) in [5.74, 6) is -0.579. The van der Waals surface area contributed by atoms with Gasteiger partial charge in [0.2, 0.25) is 5.95 Å². The predicted octanol–water partition coefficient (Wildman–Crippen LogP) is 3.26. The Hall–Kier alpha value is -2.43. The third kappa shape index (κ3) is 3.54. The maximum Gasteiger partial charge on any atom is 0.274 e. The Morgan fingerprint density at radius 3 is 2.80 bits per heavy atom. The zero-order valence-corrected chi connectivity index (χ0v) is 11.1. The molecule has 0 unspecified atom stereocenters. The van der Waals surface area contributed by atoms with Crippen LogP contribution < -0.4 is 10.1 Å². The van der Waals surface area contributed by atoms with E-state index in [-0.39, 0.29) is 5.69 Å². The Balaban J connectivity index is 2.15. The van der Waals surface area contributed by atoms with Crippen LogP contribution in [0, 0.1) is 5.95 Å². The first kappa shape index (κ1) is 14.0. The van der Waals surface area contributed by atoms with Crippen LogP contribution >= 0.6 is 0 Å². The van der Waals surface area contributed by atoms with Crippen LogP contribution in [0.3, 0.4) is 0 Å². The maximum atomic E-state index is 13.0. The minimum Gasteiger partial charge on any atom is -0.491 e. The van der Waals surface area contributed by atoms with Gasteiger partial charge < -0.3 is 10.1 Å². The fourth-order valence-corrected chi connectivity index (χ4v) is 1.63. The number of hydrogen-bond donors (Lipinski definition) is 1. The highest BCUT2D eigenvalue weighted by molar-refractivity contribution is 6.03. The van der Waals surface area contributed by atoms with E-state index in [0.717, 1.165) is 6.42 Å². The average molecular weight is 274 g/mol. The summed E-state index contributed by atoms with van der Waals surface area (Å²) in [6, 6.07) is 11.2. The first-order valence-electron chi connectivity index (χ1n) is 6.36. The lowest BCUT2D eigenvalue weighted by Crippen LogP contribution is -2.15. The van der Waals surface area contributed by atoms with Crippen LogP contribution in [0.15, 0.2) is 42.5 Å². The van der Waals surface area contributed by atoms with Crippen molar-refractivity contribution >= 4 is 11.6 Å². The molecule has 0 aliphatic rings. The van der Waals surface area contributed by atoms with Crippen LogP contribution in [0.25, 0.3) is 0 Å². The number of carbonyl (C=O) groups excluding carboxylic acids is 1. The van der Waals surface area contributed by atoms with Crippen LogP contribution in [0.4, 0.5) is 10.1 Å². The average Bonchev–Trinajstić information content (AvgIpc) is 2.46. The number of amides is 1. The molecule has 20 heavy (non-hydrogen) atoms. The second-order valence-corrected chi connectivity index (χ2v) is 4.14. The Morgan fingerprint density at radius 2 is 2.05 bits per heavy atom. The van der Waals surface area contributed by atoms with E-state index >= 15 is 0 Å². The number of benzene rings is 1. The van der Waals surface area contributed by atoms with Crippen molar-refractivity contribution in [3.05, 3.63) is 54.1 Å². The molecule has 2 aromatic rings. The van der Waals surface area contributed by atoms with Gasteiger partial charge in [-0.2, -0.15) is 4.39 Å². The standard InChI is InChI=1S/C15H15FN2O2/c1-2-10-20-13-8-4-3-6-11(13)18-15(19)12-7-5-9-14(16)17-12/h3-9H,2,10H2,1H3,(H,18,19). The number of pyridine rings is 1. The number of halogens is 1. The molecule has 1 aromatic carbocycles. The van der Waals surface area contributed by atoms with Gasteiger partial charge >= 0.3 is 0 Å².